The quantitative estimate of drug-likeness (QED) is 0.670. The summed E-state index contributed by atoms with van der Waals surface area (Å²) in [6.45, 7) is 3.90. The van der Waals surface area contributed by atoms with Gasteiger partial charge in [0.2, 0.25) is 0 Å². The molecule has 0 aliphatic rings. The van der Waals surface area contributed by atoms with Crippen LogP contribution in [0.4, 0.5) is 5.69 Å². The zero-order valence-electron chi connectivity index (χ0n) is 13.1. The molecule has 0 saturated heterocycles. The number of nitriles is 1. The van der Waals surface area contributed by atoms with Gasteiger partial charge in [0.05, 0.1) is 6.10 Å². The Morgan fingerprint density at radius 2 is 1.78 bits per heavy atom. The van der Waals surface area contributed by atoms with Gasteiger partial charge in [0, 0.05) is 5.69 Å². The first kappa shape index (κ1) is 16.3. The first-order valence-corrected chi connectivity index (χ1v) is 7.33. The number of nitrogens with zero attached hydrogens (tertiary/aromatic N) is 1. The molecular formula is C19H18N2O2. The topological polar surface area (TPSA) is 62.1 Å². The van der Waals surface area contributed by atoms with Gasteiger partial charge in [-0.3, -0.25) is 4.79 Å². The summed E-state index contributed by atoms with van der Waals surface area (Å²) >= 11 is 0. The van der Waals surface area contributed by atoms with E-state index in [1.165, 1.54) is 0 Å². The summed E-state index contributed by atoms with van der Waals surface area (Å²) in [5.41, 5.74) is 1.47. The van der Waals surface area contributed by atoms with Crippen LogP contribution in [-0.2, 0) is 4.79 Å². The minimum Gasteiger partial charge on any atom is -0.491 e. The van der Waals surface area contributed by atoms with E-state index in [0.717, 1.165) is 11.3 Å². The summed E-state index contributed by atoms with van der Waals surface area (Å²) in [5.74, 6) is 0.298. The maximum Gasteiger partial charge on any atom is 0.266 e. The minimum atomic E-state index is -0.436. The fourth-order valence-electron chi connectivity index (χ4n) is 1.95. The highest BCUT2D eigenvalue weighted by atomic mass is 16.5. The Morgan fingerprint density at radius 1 is 1.13 bits per heavy atom. The SMILES string of the molecule is CC(C)Oc1ccc(NC(=O)/C(C#N)=C/c2ccccc2)cc1. The van der Waals surface area contributed by atoms with E-state index in [9.17, 15) is 10.1 Å². The van der Waals surface area contributed by atoms with Crippen LogP contribution in [0.1, 0.15) is 19.4 Å². The van der Waals surface area contributed by atoms with Gasteiger partial charge in [0.15, 0.2) is 0 Å². The molecule has 0 atom stereocenters. The minimum absolute atomic E-state index is 0.0544. The summed E-state index contributed by atoms with van der Waals surface area (Å²) < 4.78 is 5.55. The molecule has 1 amide bonds. The molecule has 0 aliphatic carbocycles. The Bertz CT molecular complexity index is 726. The van der Waals surface area contributed by atoms with E-state index >= 15 is 0 Å². The molecule has 0 aliphatic heterocycles. The van der Waals surface area contributed by atoms with Gasteiger partial charge < -0.3 is 10.1 Å². The van der Waals surface area contributed by atoms with E-state index in [1.54, 1.807) is 30.3 Å². The molecule has 2 rings (SSSR count). The van der Waals surface area contributed by atoms with Crippen molar-refractivity contribution >= 4 is 17.7 Å². The van der Waals surface area contributed by atoms with Gasteiger partial charge in [-0.15, -0.1) is 0 Å². The van der Waals surface area contributed by atoms with Crippen LogP contribution >= 0.6 is 0 Å². The van der Waals surface area contributed by atoms with Crippen LogP contribution in [0.3, 0.4) is 0 Å². The van der Waals surface area contributed by atoms with Gasteiger partial charge in [0.1, 0.15) is 17.4 Å². The number of nitrogens with one attached hydrogen (secondary N) is 1. The Labute approximate surface area is 136 Å². The summed E-state index contributed by atoms with van der Waals surface area (Å²) in [5, 5.41) is 11.9. The zero-order valence-corrected chi connectivity index (χ0v) is 13.1. The molecule has 0 bridgehead atoms. The maximum absolute atomic E-state index is 12.2. The summed E-state index contributed by atoms with van der Waals surface area (Å²) in [6.07, 6.45) is 1.65. The van der Waals surface area contributed by atoms with E-state index in [0.29, 0.717) is 5.69 Å². The highest BCUT2D eigenvalue weighted by Crippen LogP contribution is 2.17. The second-order valence-electron chi connectivity index (χ2n) is 5.23. The molecule has 0 heterocycles. The van der Waals surface area contributed by atoms with E-state index in [2.05, 4.69) is 5.32 Å². The number of hydrogen-bond donors (Lipinski definition) is 1. The zero-order chi connectivity index (χ0) is 16.7. The second-order valence-corrected chi connectivity index (χ2v) is 5.23. The van der Waals surface area contributed by atoms with Gasteiger partial charge in [-0.2, -0.15) is 5.26 Å². The molecule has 4 heteroatoms. The summed E-state index contributed by atoms with van der Waals surface area (Å²) in [6, 6.07) is 18.2. The van der Waals surface area contributed by atoms with Gasteiger partial charge in [0.25, 0.3) is 5.91 Å². The second kappa shape index (κ2) is 7.81. The average molecular weight is 306 g/mol. The number of anilines is 1. The molecule has 0 aromatic heterocycles. The van der Waals surface area contributed by atoms with E-state index < -0.39 is 5.91 Å². The number of ether oxygens (including phenoxy) is 1. The van der Waals surface area contributed by atoms with Crippen molar-refractivity contribution in [2.75, 3.05) is 5.32 Å². The Balaban J connectivity index is 2.08. The largest absolute Gasteiger partial charge is 0.491 e. The summed E-state index contributed by atoms with van der Waals surface area (Å²) in [7, 11) is 0. The molecule has 0 spiro atoms. The first-order valence-electron chi connectivity index (χ1n) is 7.33. The van der Waals surface area contributed by atoms with Gasteiger partial charge in [-0.05, 0) is 49.8 Å². The Hall–Kier alpha value is -3.06. The smallest absolute Gasteiger partial charge is 0.266 e. The lowest BCUT2D eigenvalue weighted by atomic mass is 10.1. The number of benzene rings is 2. The molecule has 2 aromatic carbocycles. The average Bonchev–Trinajstić information content (AvgIpc) is 2.55. The normalized spacial score (nSPS) is 11.0. The molecule has 116 valence electrons. The van der Waals surface area contributed by atoms with Crippen molar-refractivity contribution in [2.24, 2.45) is 0 Å². The standard InChI is InChI=1S/C19H18N2O2/c1-14(2)23-18-10-8-17(9-11-18)21-19(22)16(13-20)12-15-6-4-3-5-7-15/h3-12,14H,1-2H3,(H,21,22)/b16-12+. The molecule has 2 aromatic rings. The highest BCUT2D eigenvalue weighted by molar-refractivity contribution is 6.09. The number of carbonyl (C=O) groups is 1. The molecule has 0 radical (unpaired) electrons. The van der Waals surface area contributed by atoms with Crippen LogP contribution in [0, 0.1) is 11.3 Å². The van der Waals surface area contributed by atoms with Gasteiger partial charge >= 0.3 is 0 Å². The molecule has 0 saturated carbocycles. The van der Waals surface area contributed by atoms with E-state index in [-0.39, 0.29) is 11.7 Å². The van der Waals surface area contributed by atoms with Crippen molar-refractivity contribution in [3.8, 4) is 11.8 Å². The lowest BCUT2D eigenvalue weighted by Crippen LogP contribution is -2.13. The van der Waals surface area contributed by atoms with Crippen LogP contribution in [0.5, 0.6) is 5.75 Å². The van der Waals surface area contributed by atoms with Crippen molar-refractivity contribution < 1.29 is 9.53 Å². The van der Waals surface area contributed by atoms with Gasteiger partial charge in [-0.25, -0.2) is 0 Å². The lowest BCUT2D eigenvalue weighted by Gasteiger charge is -2.10. The number of carbonyl (C=O) groups excluding carboxylic acids is 1. The highest BCUT2D eigenvalue weighted by Gasteiger charge is 2.09. The molecule has 23 heavy (non-hydrogen) atoms. The van der Waals surface area contributed by atoms with Crippen LogP contribution in [0.2, 0.25) is 0 Å². The molecule has 4 nitrogen and oxygen atoms in total. The molecule has 1 N–H and O–H groups in total. The van der Waals surface area contributed by atoms with Crippen molar-refractivity contribution in [2.45, 2.75) is 20.0 Å². The molecule has 0 unspecified atom stereocenters. The number of rotatable bonds is 5. The predicted octanol–water partition coefficient (Wildman–Crippen LogP) is 4.02. The third kappa shape index (κ3) is 5.01. The third-order valence-corrected chi connectivity index (χ3v) is 2.96. The number of amides is 1. The number of hydrogen-bond acceptors (Lipinski definition) is 3. The fraction of sp³-hybridized carbons (Fsp3) is 0.158. The Kier molecular flexibility index (Phi) is 5.54. The van der Waals surface area contributed by atoms with Crippen LogP contribution < -0.4 is 10.1 Å². The maximum atomic E-state index is 12.2. The van der Waals surface area contributed by atoms with Crippen molar-refractivity contribution in [1.29, 1.82) is 5.26 Å². The van der Waals surface area contributed by atoms with Crippen LogP contribution in [0.15, 0.2) is 60.2 Å². The molecular weight excluding hydrogens is 288 g/mol. The lowest BCUT2D eigenvalue weighted by molar-refractivity contribution is -0.112. The molecule has 0 fully saturated rings. The van der Waals surface area contributed by atoms with Crippen molar-refractivity contribution in [1.82, 2.24) is 0 Å². The monoisotopic (exact) mass is 306 g/mol. The van der Waals surface area contributed by atoms with E-state index in [4.69, 9.17) is 4.74 Å². The first-order chi connectivity index (χ1) is 11.1. The third-order valence-electron chi connectivity index (χ3n) is 2.96. The van der Waals surface area contributed by atoms with Gasteiger partial charge in [-0.1, -0.05) is 30.3 Å². The van der Waals surface area contributed by atoms with Crippen LogP contribution in [-0.4, -0.2) is 12.0 Å². The van der Waals surface area contributed by atoms with Crippen molar-refractivity contribution in [3.63, 3.8) is 0 Å². The summed E-state index contributed by atoms with van der Waals surface area (Å²) in [4.78, 5) is 12.2. The Morgan fingerprint density at radius 3 is 2.35 bits per heavy atom. The van der Waals surface area contributed by atoms with E-state index in [1.807, 2.05) is 50.2 Å². The fourth-order valence-corrected chi connectivity index (χ4v) is 1.95. The predicted molar refractivity (Wildman–Crippen MR) is 90.9 cm³/mol. The van der Waals surface area contributed by atoms with Crippen LogP contribution in [0.25, 0.3) is 6.08 Å². The van der Waals surface area contributed by atoms with Crippen molar-refractivity contribution in [3.05, 3.63) is 65.7 Å².